The molecule has 45 heavy (non-hydrogen) atoms. The third-order valence-electron chi connectivity index (χ3n) is 6.54. The van der Waals surface area contributed by atoms with Gasteiger partial charge in [0.25, 0.3) is 0 Å². The molecular formula is C35H48O10. The van der Waals surface area contributed by atoms with Crippen LogP contribution in [0.4, 0.5) is 0 Å². The molecule has 0 saturated carbocycles. The van der Waals surface area contributed by atoms with E-state index in [1.54, 1.807) is 34.6 Å². The lowest BCUT2D eigenvalue weighted by molar-refractivity contribution is -0.173. The van der Waals surface area contributed by atoms with Gasteiger partial charge in [0, 0.05) is 12.8 Å². The molecular weight excluding hydrogens is 580 g/mol. The molecule has 0 aromatic heterocycles. The molecule has 1 aliphatic carbocycles. The second-order valence-corrected chi connectivity index (χ2v) is 9.45. The highest BCUT2D eigenvalue weighted by atomic mass is 16.6. The van der Waals surface area contributed by atoms with Crippen LogP contribution in [0.5, 0.6) is 0 Å². The van der Waals surface area contributed by atoms with E-state index in [0.717, 1.165) is 22.3 Å². The average Bonchev–Trinajstić information content (AvgIpc) is 3.37. The Balaban J connectivity index is 0. The van der Waals surface area contributed by atoms with Gasteiger partial charge in [-0.3, -0.25) is 19.2 Å². The highest BCUT2D eigenvalue weighted by Crippen LogP contribution is 2.40. The van der Waals surface area contributed by atoms with Crippen molar-refractivity contribution in [2.24, 2.45) is 10.8 Å². The van der Waals surface area contributed by atoms with E-state index in [-0.39, 0.29) is 72.8 Å². The van der Waals surface area contributed by atoms with Crippen molar-refractivity contribution in [2.75, 3.05) is 33.0 Å². The highest BCUT2D eigenvalue weighted by molar-refractivity contribution is 6.02. The van der Waals surface area contributed by atoms with Gasteiger partial charge in [-0.25, -0.2) is 0 Å². The number of ether oxygens (including phenoxy) is 4. The van der Waals surface area contributed by atoms with Crippen LogP contribution >= 0.6 is 0 Å². The van der Waals surface area contributed by atoms with Crippen LogP contribution in [0.25, 0.3) is 0 Å². The highest BCUT2D eigenvalue weighted by Gasteiger charge is 2.53. The Labute approximate surface area is 268 Å². The molecule has 248 valence electrons. The molecule has 10 nitrogen and oxygen atoms in total. The van der Waals surface area contributed by atoms with Crippen molar-refractivity contribution in [3.05, 3.63) is 34.4 Å². The number of fused-ring (bicyclic) bond motifs is 1. The van der Waals surface area contributed by atoms with Crippen molar-refractivity contribution in [3.8, 4) is 36.5 Å². The molecule has 2 rings (SSSR count). The second kappa shape index (κ2) is 22.2. The van der Waals surface area contributed by atoms with Crippen molar-refractivity contribution in [3.63, 3.8) is 0 Å². The smallest absolute Gasteiger partial charge is 0.325 e. The zero-order chi connectivity index (χ0) is 33.8. The minimum Gasteiger partial charge on any atom is -0.465 e. The second-order valence-electron chi connectivity index (χ2n) is 9.45. The van der Waals surface area contributed by atoms with Crippen molar-refractivity contribution in [1.82, 2.24) is 0 Å². The molecule has 1 aromatic rings. The van der Waals surface area contributed by atoms with Crippen molar-refractivity contribution >= 4 is 23.9 Å². The van der Waals surface area contributed by atoms with Gasteiger partial charge < -0.3 is 29.2 Å². The van der Waals surface area contributed by atoms with Gasteiger partial charge in [-0.15, -0.1) is 30.6 Å². The van der Waals surface area contributed by atoms with E-state index in [0.29, 0.717) is 0 Å². The molecule has 0 heterocycles. The topological polar surface area (TPSA) is 146 Å². The van der Waals surface area contributed by atoms with E-state index in [2.05, 4.69) is 23.7 Å². The zero-order valence-electron chi connectivity index (χ0n) is 26.5. The summed E-state index contributed by atoms with van der Waals surface area (Å²) in [7, 11) is 0. The number of esters is 4. The molecule has 0 atom stereocenters. The molecule has 10 heteroatoms. The standard InChI is InChI=1S/C17H22O5.C13H16O4.C4H6O.CH4/c1-4-21-15(19)17(16(20)22-5-2)8-12-6-11(3)14(10-18)7-13(12)9-17;1-5-9-13(10-6-2,11(14)16-7-3)12(15)17-8-4;1-2-3-4-5;/h6-7,18H,4-5,8-10H2,1-3H3;1-2H,7-10H2,3-4H3;5H,4H2,1H3;1H4. The van der Waals surface area contributed by atoms with E-state index in [1.807, 2.05) is 19.1 Å². The molecule has 2 N–H and O–H groups in total. The number of rotatable bonds is 11. The molecule has 0 saturated heterocycles. The average molecular weight is 629 g/mol. The molecule has 0 aliphatic heterocycles. The van der Waals surface area contributed by atoms with Crippen molar-refractivity contribution in [1.29, 1.82) is 0 Å². The van der Waals surface area contributed by atoms with E-state index in [9.17, 15) is 24.3 Å². The Kier molecular flexibility index (Phi) is 21.2. The lowest BCUT2D eigenvalue weighted by Gasteiger charge is -2.25. The molecule has 0 fully saturated rings. The lowest BCUT2D eigenvalue weighted by atomic mass is 9.81. The summed E-state index contributed by atoms with van der Waals surface area (Å²) < 4.78 is 19.9. The van der Waals surface area contributed by atoms with Crippen LogP contribution in [0.1, 0.15) is 77.1 Å². The van der Waals surface area contributed by atoms with Gasteiger partial charge in [0.1, 0.15) is 6.61 Å². The van der Waals surface area contributed by atoms with Gasteiger partial charge in [-0.2, -0.15) is 0 Å². The molecule has 0 bridgehead atoms. The van der Waals surface area contributed by atoms with Crippen molar-refractivity contribution in [2.45, 2.75) is 81.3 Å². The number of carbonyl (C=O) groups is 4. The third-order valence-corrected chi connectivity index (χ3v) is 6.54. The number of aryl methyl sites for hydroxylation is 1. The first kappa shape index (κ1) is 42.8. The van der Waals surface area contributed by atoms with Crippen LogP contribution in [-0.2, 0) is 57.6 Å². The van der Waals surface area contributed by atoms with Gasteiger partial charge in [0.15, 0.2) is 10.8 Å². The monoisotopic (exact) mass is 628 g/mol. The van der Waals surface area contributed by atoms with Crippen LogP contribution in [0.3, 0.4) is 0 Å². The van der Waals surface area contributed by atoms with Gasteiger partial charge in [0.2, 0.25) is 0 Å². The van der Waals surface area contributed by atoms with Crippen LogP contribution in [-0.4, -0.2) is 67.1 Å². The van der Waals surface area contributed by atoms with Gasteiger partial charge in [-0.1, -0.05) is 25.5 Å². The summed E-state index contributed by atoms with van der Waals surface area (Å²) in [4.78, 5) is 48.5. The normalized spacial score (nSPS) is 11.8. The number of aliphatic hydroxyl groups excluding tert-OH is 2. The summed E-state index contributed by atoms with van der Waals surface area (Å²) >= 11 is 0. The number of hydrogen-bond acceptors (Lipinski definition) is 10. The summed E-state index contributed by atoms with van der Waals surface area (Å²) in [6.07, 6.45) is 10.6. The Morgan fingerprint density at radius 3 is 1.56 bits per heavy atom. The summed E-state index contributed by atoms with van der Waals surface area (Å²) in [6, 6.07) is 3.80. The van der Waals surface area contributed by atoms with E-state index < -0.39 is 34.7 Å². The summed E-state index contributed by atoms with van der Waals surface area (Å²) in [5.74, 6) is 6.96. The maximum absolute atomic E-state index is 12.4. The minimum atomic E-state index is -1.57. The third kappa shape index (κ3) is 11.6. The maximum atomic E-state index is 12.4. The molecule has 1 aliphatic rings. The Morgan fingerprint density at radius 2 is 1.24 bits per heavy atom. The Bertz CT molecular complexity index is 1220. The van der Waals surface area contributed by atoms with E-state index in [4.69, 9.17) is 36.9 Å². The van der Waals surface area contributed by atoms with Crippen LogP contribution < -0.4 is 0 Å². The molecule has 1 aromatic carbocycles. The summed E-state index contributed by atoms with van der Waals surface area (Å²) in [6.45, 7) is 11.0. The van der Waals surface area contributed by atoms with Gasteiger partial charge >= 0.3 is 23.9 Å². The number of aliphatic hydroxyl groups is 2. The summed E-state index contributed by atoms with van der Waals surface area (Å²) in [5, 5.41) is 17.3. The maximum Gasteiger partial charge on any atom is 0.325 e. The first-order valence-corrected chi connectivity index (χ1v) is 14.3. The fourth-order valence-corrected chi connectivity index (χ4v) is 4.39. The fraction of sp³-hybridized carbons (Fsp3) is 0.543. The zero-order valence-corrected chi connectivity index (χ0v) is 26.5. The largest absolute Gasteiger partial charge is 0.465 e. The van der Waals surface area contributed by atoms with E-state index >= 15 is 0 Å². The number of hydrogen-bond donors (Lipinski definition) is 2. The minimum absolute atomic E-state index is 0. The summed E-state index contributed by atoms with van der Waals surface area (Å²) in [5.41, 5.74) is 0.725. The SMILES string of the molecule is C.C#CCC(CC#C)(C(=O)OCC)C(=O)OCC.CC#CCO.CCOC(=O)C1(C(=O)OCC)Cc2cc(C)c(CO)cc2C1. The lowest BCUT2D eigenvalue weighted by Crippen LogP contribution is -2.43. The number of terminal acetylenes is 2. The van der Waals surface area contributed by atoms with Crippen molar-refractivity contribution < 1.29 is 48.3 Å². The molecule has 0 spiro atoms. The number of benzene rings is 1. The van der Waals surface area contributed by atoms with Gasteiger partial charge in [0.05, 0.1) is 33.0 Å². The number of carbonyl (C=O) groups excluding carboxylic acids is 4. The molecule has 0 radical (unpaired) electrons. The quantitative estimate of drug-likeness (QED) is 0.162. The predicted molar refractivity (Wildman–Crippen MR) is 170 cm³/mol. The first-order chi connectivity index (χ1) is 21.0. The molecule has 0 unspecified atom stereocenters. The Morgan fingerprint density at radius 1 is 0.822 bits per heavy atom. The van der Waals surface area contributed by atoms with Crippen LogP contribution in [0.15, 0.2) is 12.1 Å². The predicted octanol–water partition coefficient (Wildman–Crippen LogP) is 3.48. The molecule has 0 amide bonds. The first-order valence-electron chi connectivity index (χ1n) is 14.3. The fourth-order valence-electron chi connectivity index (χ4n) is 4.39. The Hall–Kier alpha value is -4.30. The van der Waals surface area contributed by atoms with Crippen LogP contribution in [0, 0.1) is 54.3 Å². The van der Waals surface area contributed by atoms with Crippen LogP contribution in [0.2, 0.25) is 0 Å². The van der Waals surface area contributed by atoms with Gasteiger partial charge in [-0.05, 0) is 76.6 Å². The van der Waals surface area contributed by atoms with E-state index in [1.165, 1.54) is 0 Å².